The first-order valence-corrected chi connectivity index (χ1v) is 9.55. The number of aromatic amines is 1. The SMILES string of the molecule is Cn1cc(-c2cnn3c(N)c(Br)c(C4CCc5c(O)[nH]c(=O)n5C4)nc23)cn1. The van der Waals surface area contributed by atoms with Crippen LogP contribution in [-0.2, 0) is 20.0 Å². The Labute approximate surface area is 166 Å². The fraction of sp³-hybridized carbons (Fsp3) is 0.294. The quantitative estimate of drug-likeness (QED) is 0.428. The predicted octanol–water partition coefficient (Wildman–Crippen LogP) is 1.40. The van der Waals surface area contributed by atoms with E-state index in [-0.39, 0.29) is 17.5 Å². The Morgan fingerprint density at radius 1 is 1.36 bits per heavy atom. The van der Waals surface area contributed by atoms with Crippen LogP contribution < -0.4 is 11.4 Å². The number of H-pyrrole nitrogens is 1. The molecule has 0 saturated heterocycles. The Hall–Kier alpha value is -3.08. The molecule has 1 aliphatic heterocycles. The molecule has 0 aliphatic carbocycles. The molecule has 4 N–H and O–H groups in total. The molecule has 0 bridgehead atoms. The van der Waals surface area contributed by atoms with Crippen LogP contribution in [0.4, 0.5) is 5.82 Å². The van der Waals surface area contributed by atoms with Crippen LogP contribution in [-0.4, -0.2) is 39.0 Å². The first-order chi connectivity index (χ1) is 13.4. The van der Waals surface area contributed by atoms with Crippen LogP contribution in [0.5, 0.6) is 5.88 Å². The predicted molar refractivity (Wildman–Crippen MR) is 105 cm³/mol. The molecule has 4 aromatic heterocycles. The van der Waals surface area contributed by atoms with Crippen molar-refractivity contribution in [1.82, 2.24) is 33.9 Å². The Bertz CT molecular complexity index is 1280. The zero-order chi connectivity index (χ0) is 19.6. The lowest BCUT2D eigenvalue weighted by Crippen LogP contribution is -2.27. The van der Waals surface area contributed by atoms with Crippen LogP contribution in [0.15, 0.2) is 27.9 Å². The van der Waals surface area contributed by atoms with Crippen molar-refractivity contribution in [2.24, 2.45) is 7.05 Å². The van der Waals surface area contributed by atoms with Gasteiger partial charge in [0.05, 0.1) is 28.3 Å². The number of nitrogen functional groups attached to an aromatic ring is 1. The zero-order valence-corrected chi connectivity index (χ0v) is 16.5. The fourth-order valence-corrected chi connectivity index (χ4v) is 4.41. The minimum Gasteiger partial charge on any atom is -0.493 e. The van der Waals surface area contributed by atoms with E-state index in [0.717, 1.165) is 23.2 Å². The number of nitrogens with one attached hydrogen (secondary N) is 1. The summed E-state index contributed by atoms with van der Waals surface area (Å²) in [5.74, 6) is 0.365. The molecule has 5 heterocycles. The van der Waals surface area contributed by atoms with Crippen molar-refractivity contribution in [1.29, 1.82) is 0 Å². The van der Waals surface area contributed by atoms with Crippen molar-refractivity contribution >= 4 is 27.4 Å². The minimum absolute atomic E-state index is 0.0290. The van der Waals surface area contributed by atoms with Crippen molar-refractivity contribution in [3.8, 4) is 17.0 Å². The van der Waals surface area contributed by atoms with E-state index in [1.54, 1.807) is 26.2 Å². The smallest absolute Gasteiger partial charge is 0.328 e. The number of anilines is 1. The maximum Gasteiger partial charge on any atom is 0.328 e. The van der Waals surface area contributed by atoms with Crippen LogP contribution in [0.1, 0.15) is 23.7 Å². The van der Waals surface area contributed by atoms with E-state index in [1.807, 2.05) is 13.2 Å². The number of aromatic hydroxyl groups is 1. The lowest BCUT2D eigenvalue weighted by molar-refractivity contribution is 0.414. The van der Waals surface area contributed by atoms with E-state index in [0.29, 0.717) is 34.6 Å². The summed E-state index contributed by atoms with van der Waals surface area (Å²) in [6, 6.07) is 0. The molecule has 0 aromatic carbocycles. The molecule has 0 spiro atoms. The number of aryl methyl sites for hydroxylation is 1. The molecule has 10 nitrogen and oxygen atoms in total. The van der Waals surface area contributed by atoms with Crippen molar-refractivity contribution in [3.63, 3.8) is 0 Å². The number of rotatable bonds is 2. The molecule has 0 saturated carbocycles. The normalized spacial score (nSPS) is 16.6. The van der Waals surface area contributed by atoms with Crippen LogP contribution in [0.2, 0.25) is 0 Å². The van der Waals surface area contributed by atoms with E-state index in [1.165, 1.54) is 0 Å². The summed E-state index contributed by atoms with van der Waals surface area (Å²) in [6.07, 6.45) is 6.68. The van der Waals surface area contributed by atoms with Crippen LogP contribution in [0.25, 0.3) is 16.8 Å². The van der Waals surface area contributed by atoms with Gasteiger partial charge < -0.3 is 10.8 Å². The number of halogens is 1. The van der Waals surface area contributed by atoms with E-state index in [9.17, 15) is 9.90 Å². The number of nitrogens with two attached hydrogens (primary N) is 1. The van der Waals surface area contributed by atoms with E-state index < -0.39 is 0 Å². The average Bonchev–Trinajstić information content (AvgIpc) is 3.36. The largest absolute Gasteiger partial charge is 0.493 e. The molecule has 1 unspecified atom stereocenters. The molecular formula is C17H17BrN8O2. The monoisotopic (exact) mass is 444 g/mol. The van der Waals surface area contributed by atoms with E-state index >= 15 is 0 Å². The van der Waals surface area contributed by atoms with Crippen LogP contribution in [0, 0.1) is 0 Å². The summed E-state index contributed by atoms with van der Waals surface area (Å²) in [5.41, 5.74) is 9.79. The van der Waals surface area contributed by atoms with Crippen molar-refractivity contribution in [2.45, 2.75) is 25.3 Å². The Morgan fingerprint density at radius 2 is 2.18 bits per heavy atom. The maximum absolute atomic E-state index is 12.1. The molecule has 11 heteroatoms. The fourth-order valence-electron chi connectivity index (χ4n) is 3.83. The third-order valence-corrected chi connectivity index (χ3v) is 6.07. The number of hydrogen-bond donors (Lipinski definition) is 3. The van der Waals surface area contributed by atoms with Gasteiger partial charge in [0.2, 0.25) is 5.88 Å². The summed E-state index contributed by atoms with van der Waals surface area (Å²) < 4.78 is 5.55. The second kappa shape index (κ2) is 5.96. The van der Waals surface area contributed by atoms with Crippen molar-refractivity contribution in [2.75, 3.05) is 5.73 Å². The van der Waals surface area contributed by atoms with Gasteiger partial charge in [-0.15, -0.1) is 0 Å². The number of aromatic nitrogens is 7. The topological polar surface area (TPSA) is 132 Å². The summed E-state index contributed by atoms with van der Waals surface area (Å²) in [5, 5.41) is 18.5. The molecular weight excluding hydrogens is 428 g/mol. The van der Waals surface area contributed by atoms with Gasteiger partial charge in [-0.25, -0.2) is 9.78 Å². The van der Waals surface area contributed by atoms with Gasteiger partial charge in [0.25, 0.3) is 0 Å². The molecule has 5 rings (SSSR count). The van der Waals surface area contributed by atoms with Gasteiger partial charge in [0.1, 0.15) is 5.82 Å². The summed E-state index contributed by atoms with van der Waals surface area (Å²) in [7, 11) is 1.85. The number of imidazole rings is 1. The van der Waals surface area contributed by atoms with Gasteiger partial charge in [-0.3, -0.25) is 14.2 Å². The first-order valence-electron chi connectivity index (χ1n) is 8.76. The molecule has 1 aliphatic rings. The van der Waals surface area contributed by atoms with E-state index in [4.69, 9.17) is 10.7 Å². The summed E-state index contributed by atoms with van der Waals surface area (Å²) in [6.45, 7) is 0.419. The third-order valence-electron chi connectivity index (χ3n) is 5.25. The summed E-state index contributed by atoms with van der Waals surface area (Å²) >= 11 is 3.56. The minimum atomic E-state index is -0.317. The van der Waals surface area contributed by atoms with Crippen LogP contribution >= 0.6 is 15.9 Å². The van der Waals surface area contributed by atoms with Gasteiger partial charge in [0, 0.05) is 36.8 Å². The molecule has 0 fully saturated rings. The van der Waals surface area contributed by atoms with Crippen molar-refractivity contribution < 1.29 is 5.11 Å². The van der Waals surface area contributed by atoms with Gasteiger partial charge in [-0.05, 0) is 28.8 Å². The highest BCUT2D eigenvalue weighted by Gasteiger charge is 2.29. The molecule has 144 valence electrons. The van der Waals surface area contributed by atoms with Gasteiger partial charge in [-0.1, -0.05) is 0 Å². The summed E-state index contributed by atoms with van der Waals surface area (Å²) in [4.78, 5) is 19.4. The lowest BCUT2D eigenvalue weighted by Gasteiger charge is -2.24. The molecule has 1 atom stereocenters. The van der Waals surface area contributed by atoms with Gasteiger partial charge >= 0.3 is 5.69 Å². The maximum atomic E-state index is 12.1. The highest BCUT2D eigenvalue weighted by Crippen LogP contribution is 2.37. The highest BCUT2D eigenvalue weighted by atomic mass is 79.9. The van der Waals surface area contributed by atoms with Gasteiger partial charge in [-0.2, -0.15) is 14.7 Å². The van der Waals surface area contributed by atoms with E-state index in [2.05, 4.69) is 31.1 Å². The number of nitrogens with zero attached hydrogens (tertiary/aromatic N) is 6. The second-order valence-electron chi connectivity index (χ2n) is 6.96. The Balaban J connectivity index is 1.65. The lowest BCUT2D eigenvalue weighted by atomic mass is 9.94. The third kappa shape index (κ3) is 2.39. The zero-order valence-electron chi connectivity index (χ0n) is 14.9. The molecule has 0 amide bonds. The standard InChI is InChI=1S/C17H17BrN8O2/c1-24-6-9(4-20-24)10-5-21-26-14(19)12(18)13(22-15(10)26)8-2-3-11-16(27)23-17(28)25(11)7-8/h4-6,8,27H,2-3,7,19H2,1H3,(H,23,28). The second-order valence-corrected chi connectivity index (χ2v) is 7.76. The molecule has 0 radical (unpaired) electrons. The number of fused-ring (bicyclic) bond motifs is 2. The van der Waals surface area contributed by atoms with Gasteiger partial charge in [0.15, 0.2) is 5.65 Å². The first kappa shape index (κ1) is 17.0. The molecule has 4 aromatic rings. The van der Waals surface area contributed by atoms with Crippen LogP contribution in [0.3, 0.4) is 0 Å². The average molecular weight is 445 g/mol. The Morgan fingerprint density at radius 3 is 2.93 bits per heavy atom. The molecule has 28 heavy (non-hydrogen) atoms. The van der Waals surface area contributed by atoms with Crippen molar-refractivity contribution in [3.05, 3.63) is 44.9 Å². The highest BCUT2D eigenvalue weighted by molar-refractivity contribution is 9.10. The number of hydrogen-bond acceptors (Lipinski definition) is 6. The Kier molecular flexibility index (Phi) is 3.63.